The number of nitrogens with one attached hydrogen (secondary N) is 1. The molecule has 3 unspecified atom stereocenters. The number of carboxylic acids is 1. The SMILES string of the molecule is COC(C)c1ccccc1C1CC(C(=O)O)CN1. The fourth-order valence-corrected chi connectivity index (χ4v) is 2.49. The van der Waals surface area contributed by atoms with Gasteiger partial charge in [0, 0.05) is 19.7 Å². The highest BCUT2D eigenvalue weighted by molar-refractivity contribution is 5.70. The summed E-state index contributed by atoms with van der Waals surface area (Å²) in [7, 11) is 1.68. The number of carbonyl (C=O) groups is 1. The lowest BCUT2D eigenvalue weighted by atomic mass is 9.94. The van der Waals surface area contributed by atoms with Crippen LogP contribution in [-0.2, 0) is 9.53 Å². The molecule has 2 N–H and O–H groups in total. The molecular formula is C14H19NO3. The van der Waals surface area contributed by atoms with Crippen LogP contribution in [0.1, 0.15) is 36.6 Å². The van der Waals surface area contributed by atoms with Gasteiger partial charge in [-0.05, 0) is 24.5 Å². The van der Waals surface area contributed by atoms with Gasteiger partial charge in [-0.2, -0.15) is 0 Å². The van der Waals surface area contributed by atoms with Gasteiger partial charge < -0.3 is 15.2 Å². The van der Waals surface area contributed by atoms with Crippen LogP contribution in [0.5, 0.6) is 0 Å². The monoisotopic (exact) mass is 249 g/mol. The second-order valence-corrected chi connectivity index (χ2v) is 4.74. The van der Waals surface area contributed by atoms with Gasteiger partial charge in [-0.25, -0.2) is 0 Å². The first kappa shape index (κ1) is 13.1. The minimum Gasteiger partial charge on any atom is -0.481 e. The van der Waals surface area contributed by atoms with Crippen molar-refractivity contribution in [1.82, 2.24) is 5.32 Å². The van der Waals surface area contributed by atoms with Crippen molar-refractivity contribution >= 4 is 5.97 Å². The molecule has 0 amide bonds. The summed E-state index contributed by atoms with van der Waals surface area (Å²) < 4.78 is 5.37. The van der Waals surface area contributed by atoms with E-state index in [1.165, 1.54) is 0 Å². The Morgan fingerprint density at radius 3 is 2.83 bits per heavy atom. The van der Waals surface area contributed by atoms with E-state index in [1.54, 1.807) is 7.11 Å². The van der Waals surface area contributed by atoms with Gasteiger partial charge in [-0.15, -0.1) is 0 Å². The predicted molar refractivity (Wildman–Crippen MR) is 68.4 cm³/mol. The molecule has 0 saturated carbocycles. The zero-order valence-electron chi connectivity index (χ0n) is 10.7. The number of hydrogen-bond acceptors (Lipinski definition) is 3. The third kappa shape index (κ3) is 2.54. The van der Waals surface area contributed by atoms with Crippen molar-refractivity contribution in [3.05, 3.63) is 35.4 Å². The normalized spacial score (nSPS) is 25.0. The number of ether oxygens (including phenoxy) is 1. The highest BCUT2D eigenvalue weighted by Gasteiger charge is 2.31. The molecule has 2 rings (SSSR count). The number of methoxy groups -OCH3 is 1. The van der Waals surface area contributed by atoms with E-state index >= 15 is 0 Å². The van der Waals surface area contributed by atoms with Crippen LogP contribution < -0.4 is 5.32 Å². The number of hydrogen-bond donors (Lipinski definition) is 2. The first-order valence-electron chi connectivity index (χ1n) is 6.21. The molecule has 1 fully saturated rings. The third-order valence-electron chi connectivity index (χ3n) is 3.64. The molecular weight excluding hydrogens is 230 g/mol. The lowest BCUT2D eigenvalue weighted by molar-refractivity contribution is -0.141. The predicted octanol–water partition coefficient (Wildman–Crippen LogP) is 2.13. The van der Waals surface area contributed by atoms with Crippen molar-refractivity contribution in [2.45, 2.75) is 25.5 Å². The summed E-state index contributed by atoms with van der Waals surface area (Å²) >= 11 is 0. The van der Waals surface area contributed by atoms with Gasteiger partial charge in [0.05, 0.1) is 12.0 Å². The van der Waals surface area contributed by atoms with E-state index in [9.17, 15) is 4.79 Å². The van der Waals surface area contributed by atoms with Gasteiger partial charge in [-0.1, -0.05) is 24.3 Å². The molecule has 1 aliphatic rings. The highest BCUT2D eigenvalue weighted by atomic mass is 16.5. The standard InChI is InChI=1S/C14H19NO3/c1-9(18-2)11-5-3-4-6-12(11)13-7-10(8-15-13)14(16)17/h3-6,9-10,13,15H,7-8H2,1-2H3,(H,16,17). The molecule has 0 spiro atoms. The zero-order chi connectivity index (χ0) is 13.1. The van der Waals surface area contributed by atoms with Crippen molar-refractivity contribution in [3.63, 3.8) is 0 Å². The maximum absolute atomic E-state index is 11.0. The van der Waals surface area contributed by atoms with E-state index in [4.69, 9.17) is 9.84 Å². The Labute approximate surface area is 107 Å². The van der Waals surface area contributed by atoms with E-state index in [0.29, 0.717) is 13.0 Å². The van der Waals surface area contributed by atoms with Crippen LogP contribution >= 0.6 is 0 Å². The molecule has 0 aromatic heterocycles. The van der Waals surface area contributed by atoms with Crippen molar-refractivity contribution in [2.75, 3.05) is 13.7 Å². The molecule has 1 heterocycles. The molecule has 0 radical (unpaired) electrons. The van der Waals surface area contributed by atoms with E-state index in [0.717, 1.165) is 11.1 Å². The molecule has 4 nitrogen and oxygen atoms in total. The topological polar surface area (TPSA) is 58.6 Å². The summed E-state index contributed by atoms with van der Waals surface area (Å²) in [5.74, 6) is -1.01. The van der Waals surface area contributed by atoms with Gasteiger partial charge in [0.2, 0.25) is 0 Å². The summed E-state index contributed by atoms with van der Waals surface area (Å²) in [6, 6.07) is 8.17. The Kier molecular flexibility index (Phi) is 3.99. The van der Waals surface area contributed by atoms with Gasteiger partial charge in [-0.3, -0.25) is 4.79 Å². The van der Waals surface area contributed by atoms with Gasteiger partial charge in [0.15, 0.2) is 0 Å². The molecule has 98 valence electrons. The van der Waals surface area contributed by atoms with Crippen molar-refractivity contribution in [1.29, 1.82) is 0 Å². The average Bonchev–Trinajstić information content (AvgIpc) is 2.87. The fourth-order valence-electron chi connectivity index (χ4n) is 2.49. The first-order chi connectivity index (χ1) is 8.63. The largest absolute Gasteiger partial charge is 0.481 e. The van der Waals surface area contributed by atoms with E-state index < -0.39 is 5.97 Å². The Morgan fingerprint density at radius 1 is 1.50 bits per heavy atom. The van der Waals surface area contributed by atoms with Gasteiger partial charge in [0.1, 0.15) is 0 Å². The van der Waals surface area contributed by atoms with Crippen LogP contribution in [0.4, 0.5) is 0 Å². The molecule has 1 saturated heterocycles. The summed E-state index contributed by atoms with van der Waals surface area (Å²) in [4.78, 5) is 11.0. The minimum atomic E-state index is -0.720. The molecule has 1 aliphatic heterocycles. The summed E-state index contributed by atoms with van der Waals surface area (Å²) in [5, 5.41) is 12.3. The molecule has 3 atom stereocenters. The number of aliphatic carboxylic acids is 1. The van der Waals surface area contributed by atoms with Crippen LogP contribution in [0.3, 0.4) is 0 Å². The molecule has 1 aromatic carbocycles. The first-order valence-corrected chi connectivity index (χ1v) is 6.21. The number of carboxylic acid groups (broad SMARTS) is 1. The third-order valence-corrected chi connectivity index (χ3v) is 3.64. The van der Waals surface area contributed by atoms with Gasteiger partial charge in [0.25, 0.3) is 0 Å². The lowest BCUT2D eigenvalue weighted by Gasteiger charge is -2.19. The lowest BCUT2D eigenvalue weighted by Crippen LogP contribution is -2.18. The average molecular weight is 249 g/mol. The maximum Gasteiger partial charge on any atom is 0.307 e. The fraction of sp³-hybridized carbons (Fsp3) is 0.500. The van der Waals surface area contributed by atoms with Crippen molar-refractivity contribution in [3.8, 4) is 0 Å². The molecule has 4 heteroatoms. The Bertz CT molecular complexity index is 433. The van der Waals surface area contributed by atoms with E-state index in [1.807, 2.05) is 31.2 Å². The second-order valence-electron chi connectivity index (χ2n) is 4.74. The van der Waals surface area contributed by atoms with Crippen molar-refractivity contribution in [2.24, 2.45) is 5.92 Å². The van der Waals surface area contributed by atoms with E-state index in [-0.39, 0.29) is 18.1 Å². The summed E-state index contributed by atoms with van der Waals surface area (Å²) in [5.41, 5.74) is 2.28. The van der Waals surface area contributed by atoms with Crippen LogP contribution in [0, 0.1) is 5.92 Å². The van der Waals surface area contributed by atoms with Crippen LogP contribution in [-0.4, -0.2) is 24.7 Å². The Morgan fingerprint density at radius 2 is 2.22 bits per heavy atom. The molecule has 0 bridgehead atoms. The number of benzene rings is 1. The molecule has 1 aromatic rings. The van der Waals surface area contributed by atoms with Crippen molar-refractivity contribution < 1.29 is 14.6 Å². The summed E-state index contributed by atoms with van der Waals surface area (Å²) in [6.07, 6.45) is 0.662. The van der Waals surface area contributed by atoms with Gasteiger partial charge >= 0.3 is 5.97 Å². The smallest absolute Gasteiger partial charge is 0.307 e. The molecule has 18 heavy (non-hydrogen) atoms. The number of rotatable bonds is 4. The van der Waals surface area contributed by atoms with Crippen LogP contribution in [0.25, 0.3) is 0 Å². The Balaban J connectivity index is 2.21. The minimum absolute atomic E-state index is 0.0203. The maximum atomic E-state index is 11.0. The van der Waals surface area contributed by atoms with Crippen LogP contribution in [0.15, 0.2) is 24.3 Å². The Hall–Kier alpha value is -1.39. The second kappa shape index (κ2) is 5.50. The molecule has 0 aliphatic carbocycles. The quantitative estimate of drug-likeness (QED) is 0.858. The zero-order valence-corrected chi connectivity index (χ0v) is 10.7. The summed E-state index contributed by atoms with van der Waals surface area (Å²) in [6.45, 7) is 2.54. The highest BCUT2D eigenvalue weighted by Crippen LogP contribution is 2.32. The van der Waals surface area contributed by atoms with E-state index in [2.05, 4.69) is 5.32 Å². The van der Waals surface area contributed by atoms with Crippen LogP contribution in [0.2, 0.25) is 0 Å².